The number of nitrogens with one attached hydrogen (secondary N) is 2. The fourth-order valence-corrected chi connectivity index (χ4v) is 3.14. The lowest BCUT2D eigenvalue weighted by Crippen LogP contribution is -2.56. The van der Waals surface area contributed by atoms with E-state index in [4.69, 9.17) is 5.73 Å². The fraction of sp³-hybridized carbons (Fsp3) is 0.579. The van der Waals surface area contributed by atoms with E-state index in [9.17, 15) is 9.59 Å². The highest BCUT2D eigenvalue weighted by Crippen LogP contribution is 2.14. The maximum Gasteiger partial charge on any atom is 0.240 e. The zero-order chi connectivity index (χ0) is 18.3. The summed E-state index contributed by atoms with van der Waals surface area (Å²) in [5.74, 6) is -0.0826. The van der Waals surface area contributed by atoms with Crippen LogP contribution < -0.4 is 16.4 Å². The number of nitrogens with two attached hydrogens (primary N) is 1. The Morgan fingerprint density at radius 3 is 2.42 bits per heavy atom. The molecule has 1 aliphatic rings. The SMILES string of the molecule is CCCC(C)(N)C(=O)NC1CCN(CC(=O)Nc2ccccc2)CC1.Cl. The number of carbonyl (C=O) groups excluding carboxylic acids is 2. The van der Waals surface area contributed by atoms with Crippen LogP contribution in [0.2, 0.25) is 0 Å². The Labute approximate surface area is 162 Å². The number of amides is 2. The van der Waals surface area contributed by atoms with E-state index in [1.165, 1.54) is 0 Å². The molecule has 0 bridgehead atoms. The third kappa shape index (κ3) is 6.94. The van der Waals surface area contributed by atoms with Gasteiger partial charge in [0.1, 0.15) is 0 Å². The summed E-state index contributed by atoms with van der Waals surface area (Å²) in [5, 5.41) is 5.97. The topological polar surface area (TPSA) is 87.5 Å². The number of rotatable bonds is 7. The number of anilines is 1. The highest BCUT2D eigenvalue weighted by molar-refractivity contribution is 5.92. The summed E-state index contributed by atoms with van der Waals surface area (Å²) < 4.78 is 0. The first-order valence-corrected chi connectivity index (χ1v) is 9.08. The molecule has 7 heteroatoms. The fourth-order valence-electron chi connectivity index (χ4n) is 3.14. The third-order valence-electron chi connectivity index (χ3n) is 4.64. The lowest BCUT2D eigenvalue weighted by Gasteiger charge is -2.34. The van der Waals surface area contributed by atoms with E-state index in [1.807, 2.05) is 37.3 Å². The molecule has 6 nitrogen and oxygen atoms in total. The van der Waals surface area contributed by atoms with Crippen LogP contribution in [0.25, 0.3) is 0 Å². The van der Waals surface area contributed by atoms with E-state index in [0.717, 1.165) is 38.0 Å². The molecule has 0 radical (unpaired) electrons. The van der Waals surface area contributed by atoms with Crippen molar-refractivity contribution in [3.63, 3.8) is 0 Å². The van der Waals surface area contributed by atoms with Gasteiger partial charge in [0.25, 0.3) is 0 Å². The maximum atomic E-state index is 12.3. The Balaban J connectivity index is 0.00000338. The van der Waals surface area contributed by atoms with Gasteiger partial charge < -0.3 is 16.4 Å². The number of hydrogen-bond donors (Lipinski definition) is 3. The van der Waals surface area contributed by atoms with Gasteiger partial charge in [-0.05, 0) is 38.3 Å². The van der Waals surface area contributed by atoms with Gasteiger partial charge in [-0.1, -0.05) is 31.5 Å². The molecule has 1 unspecified atom stereocenters. The molecule has 1 fully saturated rings. The first-order valence-electron chi connectivity index (χ1n) is 9.08. The quantitative estimate of drug-likeness (QED) is 0.674. The Kier molecular flexibility index (Phi) is 9.05. The van der Waals surface area contributed by atoms with Crippen LogP contribution in [0.1, 0.15) is 39.5 Å². The second-order valence-corrected chi connectivity index (χ2v) is 7.11. The number of likely N-dealkylation sites (tertiary alicyclic amines) is 1. The average molecular weight is 383 g/mol. The van der Waals surface area contributed by atoms with Gasteiger partial charge in [-0.15, -0.1) is 12.4 Å². The van der Waals surface area contributed by atoms with E-state index in [-0.39, 0.29) is 30.3 Å². The molecule has 1 saturated heterocycles. The molecule has 26 heavy (non-hydrogen) atoms. The highest BCUT2D eigenvalue weighted by atomic mass is 35.5. The summed E-state index contributed by atoms with van der Waals surface area (Å²) in [4.78, 5) is 26.5. The summed E-state index contributed by atoms with van der Waals surface area (Å²) in [7, 11) is 0. The van der Waals surface area contributed by atoms with Crippen LogP contribution in [0.5, 0.6) is 0 Å². The minimum atomic E-state index is -0.804. The van der Waals surface area contributed by atoms with Crippen molar-refractivity contribution in [1.29, 1.82) is 0 Å². The molecule has 0 saturated carbocycles. The van der Waals surface area contributed by atoms with Crippen LogP contribution in [0.4, 0.5) is 5.69 Å². The molecular weight excluding hydrogens is 352 g/mol. The van der Waals surface area contributed by atoms with Crippen LogP contribution in [0, 0.1) is 0 Å². The van der Waals surface area contributed by atoms with Gasteiger partial charge in [0.2, 0.25) is 11.8 Å². The van der Waals surface area contributed by atoms with E-state index < -0.39 is 5.54 Å². The number of para-hydroxylation sites is 1. The monoisotopic (exact) mass is 382 g/mol. The van der Waals surface area contributed by atoms with Gasteiger partial charge in [0.15, 0.2) is 0 Å². The second kappa shape index (κ2) is 10.5. The molecule has 4 N–H and O–H groups in total. The van der Waals surface area contributed by atoms with Gasteiger partial charge in [-0.25, -0.2) is 0 Å². The molecule has 1 aliphatic heterocycles. The minimum absolute atomic E-state index is 0. The molecule has 1 heterocycles. The molecular formula is C19H31ClN4O2. The van der Waals surface area contributed by atoms with Crippen LogP contribution >= 0.6 is 12.4 Å². The number of halogens is 1. The predicted molar refractivity (Wildman–Crippen MR) is 107 cm³/mol. The van der Waals surface area contributed by atoms with E-state index in [1.54, 1.807) is 6.92 Å². The van der Waals surface area contributed by atoms with Gasteiger partial charge >= 0.3 is 0 Å². The highest BCUT2D eigenvalue weighted by Gasteiger charge is 2.30. The van der Waals surface area contributed by atoms with Crippen molar-refractivity contribution in [3.05, 3.63) is 30.3 Å². The van der Waals surface area contributed by atoms with Gasteiger partial charge in [0.05, 0.1) is 12.1 Å². The van der Waals surface area contributed by atoms with Crippen LogP contribution in [0.15, 0.2) is 30.3 Å². The number of piperidine rings is 1. The molecule has 0 aliphatic carbocycles. The first kappa shape index (κ1) is 22.4. The molecule has 1 aromatic carbocycles. The number of hydrogen-bond acceptors (Lipinski definition) is 4. The Morgan fingerprint density at radius 1 is 1.23 bits per heavy atom. The maximum absolute atomic E-state index is 12.3. The van der Waals surface area contributed by atoms with E-state index >= 15 is 0 Å². The van der Waals surface area contributed by atoms with Crippen molar-refractivity contribution in [2.24, 2.45) is 5.73 Å². The Morgan fingerprint density at radius 2 is 1.85 bits per heavy atom. The molecule has 1 atom stereocenters. The number of nitrogens with zero attached hydrogens (tertiary/aromatic N) is 1. The largest absolute Gasteiger partial charge is 0.352 e. The molecule has 146 valence electrons. The van der Waals surface area contributed by atoms with Crippen molar-refractivity contribution in [2.75, 3.05) is 25.0 Å². The second-order valence-electron chi connectivity index (χ2n) is 7.11. The van der Waals surface area contributed by atoms with Crippen molar-refractivity contribution in [1.82, 2.24) is 10.2 Å². The third-order valence-corrected chi connectivity index (χ3v) is 4.64. The van der Waals surface area contributed by atoms with Crippen LogP contribution in [-0.2, 0) is 9.59 Å². The summed E-state index contributed by atoms with van der Waals surface area (Å²) in [6.07, 6.45) is 3.24. The van der Waals surface area contributed by atoms with Crippen molar-refractivity contribution < 1.29 is 9.59 Å². The van der Waals surface area contributed by atoms with E-state index in [0.29, 0.717) is 13.0 Å². The van der Waals surface area contributed by atoms with Crippen molar-refractivity contribution >= 4 is 29.9 Å². The summed E-state index contributed by atoms with van der Waals surface area (Å²) >= 11 is 0. The normalized spacial score (nSPS) is 17.7. The van der Waals surface area contributed by atoms with Crippen LogP contribution in [-0.4, -0.2) is 47.9 Å². The molecule has 2 rings (SSSR count). The van der Waals surface area contributed by atoms with E-state index in [2.05, 4.69) is 15.5 Å². The molecule has 2 amide bonds. The van der Waals surface area contributed by atoms with Crippen molar-refractivity contribution in [2.45, 2.75) is 51.1 Å². The summed E-state index contributed by atoms with van der Waals surface area (Å²) in [5.41, 5.74) is 6.09. The Hall–Kier alpha value is -1.63. The molecule has 0 aromatic heterocycles. The van der Waals surface area contributed by atoms with Gasteiger partial charge in [0, 0.05) is 24.8 Å². The summed E-state index contributed by atoms with van der Waals surface area (Å²) in [6.45, 7) is 5.77. The zero-order valence-electron chi connectivity index (χ0n) is 15.7. The lowest BCUT2D eigenvalue weighted by molar-refractivity contribution is -0.127. The number of carbonyl (C=O) groups is 2. The zero-order valence-corrected chi connectivity index (χ0v) is 16.5. The van der Waals surface area contributed by atoms with Gasteiger partial charge in [-0.3, -0.25) is 14.5 Å². The molecule has 1 aromatic rings. The Bertz CT molecular complexity index is 572. The molecule has 0 spiro atoms. The predicted octanol–water partition coefficient (Wildman–Crippen LogP) is 2.15. The van der Waals surface area contributed by atoms with Crippen molar-refractivity contribution in [3.8, 4) is 0 Å². The first-order chi connectivity index (χ1) is 11.9. The van der Waals surface area contributed by atoms with Crippen LogP contribution in [0.3, 0.4) is 0 Å². The van der Waals surface area contributed by atoms with Gasteiger partial charge in [-0.2, -0.15) is 0 Å². The smallest absolute Gasteiger partial charge is 0.240 e. The lowest BCUT2D eigenvalue weighted by atomic mass is 9.95. The standard InChI is InChI=1S/C19H30N4O2.ClH/c1-3-11-19(2,20)18(25)22-16-9-12-23(13-10-16)14-17(24)21-15-7-5-4-6-8-15;/h4-8,16H,3,9-14,20H2,1-2H3,(H,21,24)(H,22,25);1H. The average Bonchev–Trinajstić information content (AvgIpc) is 2.57. The summed E-state index contributed by atoms with van der Waals surface area (Å²) in [6, 6.07) is 9.60. The minimum Gasteiger partial charge on any atom is -0.352 e. The number of benzene rings is 1.